The largest absolute Gasteiger partial charge is 0.391 e. The Balaban J connectivity index is 4.02. The molecule has 1 amide bonds. The van der Waals surface area contributed by atoms with Crippen molar-refractivity contribution in [3.8, 4) is 0 Å². The summed E-state index contributed by atoms with van der Waals surface area (Å²) in [4.78, 5) is 12.5. The fourth-order valence-electron chi connectivity index (χ4n) is 5.99. The quantitative estimate of drug-likeness (QED) is 0.0407. The van der Waals surface area contributed by atoms with Crippen molar-refractivity contribution in [1.82, 2.24) is 5.32 Å². The van der Waals surface area contributed by atoms with E-state index >= 15 is 0 Å². The van der Waals surface area contributed by atoms with Crippen LogP contribution >= 0.6 is 0 Å². The number of carbonyl (C=O) groups is 1. The van der Waals surface area contributed by atoms with Gasteiger partial charge in [0.25, 0.3) is 10.1 Å². The van der Waals surface area contributed by atoms with E-state index < -0.39 is 40.0 Å². The van der Waals surface area contributed by atoms with Gasteiger partial charge in [-0.2, -0.15) is 8.42 Å². The van der Waals surface area contributed by atoms with E-state index in [1.165, 1.54) is 128 Å². The van der Waals surface area contributed by atoms with Gasteiger partial charge in [0.15, 0.2) is 0 Å². The SMILES string of the molecule is CCCCCCCCCCCCCCCCC(O)C(CS(=O)(=O)O)NC(=O)C(O)CCCCCCCCCCCCCCC. The Morgan fingerprint density at radius 2 is 0.818 bits per heavy atom. The summed E-state index contributed by atoms with van der Waals surface area (Å²) < 4.78 is 32.4. The van der Waals surface area contributed by atoms with Crippen LogP contribution in [0.4, 0.5) is 0 Å². The summed E-state index contributed by atoms with van der Waals surface area (Å²) in [5, 5.41) is 23.4. The minimum absolute atomic E-state index is 0.303. The molecule has 44 heavy (non-hydrogen) atoms. The zero-order valence-corrected chi connectivity index (χ0v) is 29.7. The highest BCUT2D eigenvalue weighted by molar-refractivity contribution is 7.85. The molecular weight excluding hydrogens is 574 g/mol. The van der Waals surface area contributed by atoms with E-state index in [0.717, 1.165) is 44.9 Å². The highest BCUT2D eigenvalue weighted by Gasteiger charge is 2.28. The average molecular weight is 648 g/mol. The van der Waals surface area contributed by atoms with Crippen molar-refractivity contribution in [2.75, 3.05) is 5.75 Å². The molecule has 8 heteroatoms. The lowest BCUT2D eigenvalue weighted by molar-refractivity contribution is -0.131. The highest BCUT2D eigenvalue weighted by atomic mass is 32.2. The van der Waals surface area contributed by atoms with Gasteiger partial charge in [-0.1, -0.05) is 187 Å². The maximum absolute atomic E-state index is 12.5. The molecule has 0 aliphatic carbocycles. The third-order valence-corrected chi connectivity index (χ3v) is 9.70. The maximum Gasteiger partial charge on any atom is 0.266 e. The molecule has 0 spiro atoms. The highest BCUT2D eigenvalue weighted by Crippen LogP contribution is 2.16. The number of hydrogen-bond donors (Lipinski definition) is 4. The van der Waals surface area contributed by atoms with Crippen molar-refractivity contribution in [3.63, 3.8) is 0 Å². The number of amides is 1. The second-order valence-electron chi connectivity index (χ2n) is 13.4. The predicted molar refractivity (Wildman–Crippen MR) is 186 cm³/mol. The summed E-state index contributed by atoms with van der Waals surface area (Å²) >= 11 is 0. The molecule has 0 saturated heterocycles. The minimum Gasteiger partial charge on any atom is -0.391 e. The number of aliphatic hydroxyl groups is 2. The lowest BCUT2D eigenvalue weighted by Gasteiger charge is -2.24. The molecule has 0 fully saturated rings. The molecule has 0 saturated carbocycles. The van der Waals surface area contributed by atoms with Crippen LogP contribution in [0.1, 0.15) is 200 Å². The lowest BCUT2D eigenvalue weighted by Crippen LogP contribution is -2.50. The molecule has 0 aliphatic heterocycles. The number of nitrogens with one attached hydrogen (secondary N) is 1. The second-order valence-corrected chi connectivity index (χ2v) is 14.9. The van der Waals surface area contributed by atoms with Gasteiger partial charge in [0.2, 0.25) is 5.91 Å². The third-order valence-electron chi connectivity index (χ3n) is 8.92. The molecule has 0 aromatic rings. The summed E-state index contributed by atoms with van der Waals surface area (Å²) in [6, 6.07) is -1.14. The standard InChI is InChI=1S/C36H73NO6S/c1-3-5-7-9-11-13-15-17-19-20-22-24-26-28-30-34(38)33(32-44(41,42)43)37-36(40)35(39)31-29-27-25-23-21-18-16-14-12-10-8-6-4-2/h33-35,38-39H,3-32H2,1-2H3,(H,37,40)(H,41,42,43). The average Bonchev–Trinajstić information content (AvgIpc) is 2.98. The van der Waals surface area contributed by atoms with Crippen LogP contribution in [0.5, 0.6) is 0 Å². The van der Waals surface area contributed by atoms with Gasteiger partial charge in [0.05, 0.1) is 17.9 Å². The molecule has 0 heterocycles. The van der Waals surface area contributed by atoms with E-state index in [9.17, 15) is 28.0 Å². The van der Waals surface area contributed by atoms with E-state index in [1.807, 2.05) is 0 Å². The molecular formula is C36H73NO6S. The topological polar surface area (TPSA) is 124 Å². The smallest absolute Gasteiger partial charge is 0.266 e. The number of unbranched alkanes of at least 4 members (excludes halogenated alkanes) is 25. The first-order valence-corrected chi connectivity index (χ1v) is 20.4. The van der Waals surface area contributed by atoms with Crippen LogP contribution in [0.25, 0.3) is 0 Å². The summed E-state index contributed by atoms with van der Waals surface area (Å²) in [6.07, 6.45) is 31.1. The normalized spacial score (nSPS) is 14.0. The Hall–Kier alpha value is -0.700. The third kappa shape index (κ3) is 30.0. The van der Waals surface area contributed by atoms with E-state index in [2.05, 4.69) is 19.2 Å². The summed E-state index contributed by atoms with van der Waals surface area (Å²) in [5.41, 5.74) is 0. The molecule has 0 aromatic heterocycles. The Bertz CT molecular complexity index is 732. The van der Waals surface area contributed by atoms with Crippen LogP contribution in [-0.2, 0) is 14.9 Å². The minimum atomic E-state index is -4.40. The van der Waals surface area contributed by atoms with Gasteiger partial charge in [-0.25, -0.2) is 0 Å². The zero-order valence-electron chi connectivity index (χ0n) is 28.9. The van der Waals surface area contributed by atoms with Gasteiger partial charge < -0.3 is 15.5 Å². The van der Waals surface area contributed by atoms with Crippen LogP contribution in [0, 0.1) is 0 Å². The Morgan fingerprint density at radius 1 is 0.523 bits per heavy atom. The molecule has 0 aliphatic rings. The first-order valence-electron chi connectivity index (χ1n) is 18.8. The number of aliphatic hydroxyl groups excluding tert-OH is 2. The van der Waals surface area contributed by atoms with E-state index in [-0.39, 0.29) is 0 Å². The van der Waals surface area contributed by atoms with Gasteiger partial charge in [-0.3, -0.25) is 9.35 Å². The molecule has 3 atom stereocenters. The monoisotopic (exact) mass is 648 g/mol. The number of carbonyl (C=O) groups excluding carboxylic acids is 1. The summed E-state index contributed by atoms with van der Waals surface area (Å²) in [7, 11) is -4.40. The van der Waals surface area contributed by atoms with Gasteiger partial charge in [-0.05, 0) is 12.8 Å². The fraction of sp³-hybridized carbons (Fsp3) is 0.972. The lowest BCUT2D eigenvalue weighted by atomic mass is 10.0. The molecule has 0 bridgehead atoms. The van der Waals surface area contributed by atoms with Crippen molar-refractivity contribution in [2.24, 2.45) is 0 Å². The first kappa shape index (κ1) is 43.3. The Kier molecular flexibility index (Phi) is 30.4. The van der Waals surface area contributed by atoms with Gasteiger partial charge in [0, 0.05) is 0 Å². The van der Waals surface area contributed by atoms with Crippen molar-refractivity contribution in [2.45, 2.75) is 218 Å². The molecule has 0 radical (unpaired) electrons. The molecule has 264 valence electrons. The Labute approximate surface area is 272 Å². The van der Waals surface area contributed by atoms with E-state index in [4.69, 9.17) is 0 Å². The van der Waals surface area contributed by atoms with E-state index in [1.54, 1.807) is 0 Å². The number of rotatable bonds is 34. The molecule has 0 aromatic carbocycles. The zero-order chi connectivity index (χ0) is 32.7. The van der Waals surface area contributed by atoms with Gasteiger partial charge in [-0.15, -0.1) is 0 Å². The molecule has 0 rings (SSSR count). The number of hydrogen-bond acceptors (Lipinski definition) is 5. The van der Waals surface area contributed by atoms with Gasteiger partial charge >= 0.3 is 0 Å². The van der Waals surface area contributed by atoms with Crippen LogP contribution in [-0.4, -0.2) is 53.1 Å². The van der Waals surface area contributed by atoms with Crippen molar-refractivity contribution in [1.29, 1.82) is 0 Å². The molecule has 4 N–H and O–H groups in total. The van der Waals surface area contributed by atoms with Crippen molar-refractivity contribution in [3.05, 3.63) is 0 Å². The summed E-state index contributed by atoms with van der Waals surface area (Å²) in [6.45, 7) is 4.49. The van der Waals surface area contributed by atoms with Crippen LogP contribution < -0.4 is 5.32 Å². The van der Waals surface area contributed by atoms with E-state index in [0.29, 0.717) is 12.8 Å². The van der Waals surface area contributed by atoms with Crippen LogP contribution in [0.2, 0.25) is 0 Å². The fourth-order valence-corrected chi connectivity index (χ4v) is 6.75. The first-order chi connectivity index (χ1) is 21.2. The van der Waals surface area contributed by atoms with Crippen LogP contribution in [0.15, 0.2) is 0 Å². The Morgan fingerprint density at radius 3 is 1.14 bits per heavy atom. The molecule has 3 unspecified atom stereocenters. The summed E-state index contributed by atoms with van der Waals surface area (Å²) in [5.74, 6) is -1.44. The second kappa shape index (κ2) is 30.9. The van der Waals surface area contributed by atoms with Crippen molar-refractivity contribution >= 4 is 16.0 Å². The predicted octanol–water partition coefficient (Wildman–Crippen LogP) is 9.43. The maximum atomic E-state index is 12.5. The van der Waals surface area contributed by atoms with Crippen LogP contribution in [0.3, 0.4) is 0 Å². The van der Waals surface area contributed by atoms with Crippen molar-refractivity contribution < 1.29 is 28.0 Å². The molecule has 7 nitrogen and oxygen atoms in total. The van der Waals surface area contributed by atoms with Gasteiger partial charge in [0.1, 0.15) is 6.10 Å².